The van der Waals surface area contributed by atoms with E-state index in [-0.39, 0.29) is 17.2 Å². The molecule has 1 aliphatic heterocycles. The van der Waals surface area contributed by atoms with Crippen molar-refractivity contribution < 1.29 is 9.53 Å². The summed E-state index contributed by atoms with van der Waals surface area (Å²) in [6.45, 7) is 6.63. The van der Waals surface area contributed by atoms with E-state index in [1.807, 2.05) is 31.2 Å². The maximum Gasteiger partial charge on any atom is 0.277 e. The van der Waals surface area contributed by atoms with Crippen molar-refractivity contribution >= 4 is 23.2 Å². The number of hydrogen-bond donors (Lipinski definition) is 3. The van der Waals surface area contributed by atoms with E-state index in [9.17, 15) is 4.79 Å². The lowest BCUT2D eigenvalue weighted by molar-refractivity contribution is -0.0516. The predicted octanol–water partition coefficient (Wildman–Crippen LogP) is 3.19. The Morgan fingerprint density at radius 1 is 1.38 bits per heavy atom. The molecule has 1 saturated heterocycles. The highest BCUT2D eigenvalue weighted by Crippen LogP contribution is 2.23. The highest BCUT2D eigenvalue weighted by molar-refractivity contribution is 6.34. The lowest BCUT2D eigenvalue weighted by atomic mass is 9.95. The molecule has 0 aliphatic carbocycles. The Morgan fingerprint density at radius 3 is 2.81 bits per heavy atom. The maximum absolute atomic E-state index is 12.4. The number of carbonyl (C=O) groups is 1. The quantitative estimate of drug-likeness (QED) is 0.723. The molecule has 7 heteroatoms. The first kappa shape index (κ1) is 18.9. The van der Waals surface area contributed by atoms with Crippen LogP contribution < -0.4 is 10.6 Å². The Bertz CT molecular complexity index is 751. The number of aromatic nitrogens is 2. The zero-order chi connectivity index (χ0) is 18.6. The number of H-pyrrole nitrogens is 1. The number of anilines is 1. The predicted molar refractivity (Wildman–Crippen MR) is 103 cm³/mol. The molecule has 2 heterocycles. The first-order chi connectivity index (χ1) is 12.5. The van der Waals surface area contributed by atoms with E-state index in [4.69, 9.17) is 16.3 Å². The number of halogens is 1. The fraction of sp³-hybridized carbons (Fsp3) is 0.474. The first-order valence-corrected chi connectivity index (χ1v) is 9.36. The molecule has 0 bridgehead atoms. The van der Waals surface area contributed by atoms with Crippen molar-refractivity contribution in [3.8, 4) is 0 Å². The second-order valence-corrected chi connectivity index (χ2v) is 7.30. The van der Waals surface area contributed by atoms with Crippen molar-refractivity contribution in [2.75, 3.05) is 25.0 Å². The van der Waals surface area contributed by atoms with Crippen LogP contribution in [0.5, 0.6) is 0 Å². The third-order valence-corrected chi connectivity index (χ3v) is 4.92. The second-order valence-electron chi connectivity index (χ2n) is 6.92. The number of hydrogen-bond acceptors (Lipinski definition) is 4. The molecular weight excluding hydrogens is 352 g/mol. The van der Waals surface area contributed by atoms with Gasteiger partial charge in [0.2, 0.25) is 0 Å². The number of rotatable bonds is 6. The van der Waals surface area contributed by atoms with Gasteiger partial charge in [-0.15, -0.1) is 0 Å². The Hall–Kier alpha value is -1.89. The van der Waals surface area contributed by atoms with Gasteiger partial charge in [-0.1, -0.05) is 37.1 Å². The van der Waals surface area contributed by atoms with Crippen molar-refractivity contribution in [2.45, 2.75) is 38.7 Å². The molecule has 1 aromatic heterocycles. The number of morpholine rings is 1. The van der Waals surface area contributed by atoms with Crippen molar-refractivity contribution in [3.63, 3.8) is 0 Å². The molecule has 0 spiro atoms. The summed E-state index contributed by atoms with van der Waals surface area (Å²) >= 11 is 6.24. The molecule has 6 nitrogen and oxygen atoms in total. The molecule has 1 fully saturated rings. The summed E-state index contributed by atoms with van der Waals surface area (Å²) in [6, 6.07) is 7.79. The summed E-state index contributed by atoms with van der Waals surface area (Å²) < 4.78 is 5.90. The van der Waals surface area contributed by atoms with Crippen LogP contribution in [0.25, 0.3) is 0 Å². The summed E-state index contributed by atoms with van der Waals surface area (Å²) in [5.74, 6) is -0.312. The van der Waals surface area contributed by atoms with Crippen molar-refractivity contribution in [1.82, 2.24) is 15.5 Å². The molecule has 140 valence electrons. The Balaban J connectivity index is 1.63. The van der Waals surface area contributed by atoms with Crippen LogP contribution in [0, 0.1) is 0 Å². The van der Waals surface area contributed by atoms with Crippen LogP contribution in [0.4, 0.5) is 5.69 Å². The minimum atomic E-state index is -0.312. The van der Waals surface area contributed by atoms with Gasteiger partial charge in [-0.25, -0.2) is 0 Å². The SMILES string of the molecule is CCCc1[nH]nc(C(=O)Nc2ccc(C[C@]3(C)CNCCO3)cc2)c1Cl. The zero-order valence-corrected chi connectivity index (χ0v) is 15.9. The van der Waals surface area contributed by atoms with Crippen molar-refractivity contribution in [2.24, 2.45) is 0 Å². The van der Waals surface area contributed by atoms with Crippen molar-refractivity contribution in [1.29, 1.82) is 0 Å². The number of benzene rings is 1. The third kappa shape index (κ3) is 4.44. The van der Waals surface area contributed by atoms with Gasteiger partial charge in [-0.3, -0.25) is 9.89 Å². The number of amides is 1. The number of aromatic amines is 1. The van der Waals surface area contributed by atoms with Crippen LogP contribution in [-0.4, -0.2) is 41.4 Å². The number of nitrogens with one attached hydrogen (secondary N) is 3. The molecule has 3 rings (SSSR count). The standard InChI is InChI=1S/C19H25ClN4O2/c1-3-4-15-16(20)17(24-23-15)18(25)22-14-7-5-13(6-8-14)11-19(2)12-21-9-10-26-19/h5-8,21H,3-4,9-12H2,1-2H3,(H,22,25)(H,23,24)/t19-/m1/s1. The van der Waals surface area contributed by atoms with E-state index in [0.717, 1.165) is 50.2 Å². The first-order valence-electron chi connectivity index (χ1n) is 8.98. The van der Waals surface area contributed by atoms with E-state index >= 15 is 0 Å². The summed E-state index contributed by atoms with van der Waals surface area (Å²) in [5.41, 5.74) is 2.71. The van der Waals surface area contributed by atoms with Crippen LogP contribution in [0.2, 0.25) is 5.02 Å². The molecule has 0 radical (unpaired) electrons. The summed E-state index contributed by atoms with van der Waals surface area (Å²) in [6.07, 6.45) is 2.52. The Kier molecular flexibility index (Phi) is 5.96. The minimum Gasteiger partial charge on any atom is -0.372 e. The van der Waals surface area contributed by atoms with Gasteiger partial charge in [-0.2, -0.15) is 5.10 Å². The van der Waals surface area contributed by atoms with E-state index in [0.29, 0.717) is 10.7 Å². The summed E-state index contributed by atoms with van der Waals surface area (Å²) in [4.78, 5) is 12.4. The normalized spacial score (nSPS) is 20.1. The molecule has 1 amide bonds. The van der Waals surface area contributed by atoms with Gasteiger partial charge < -0.3 is 15.4 Å². The monoisotopic (exact) mass is 376 g/mol. The topological polar surface area (TPSA) is 79.0 Å². The van der Waals surface area contributed by atoms with E-state index < -0.39 is 0 Å². The van der Waals surface area contributed by atoms with Crippen LogP contribution in [0.3, 0.4) is 0 Å². The van der Waals surface area contributed by atoms with Crippen LogP contribution in [0.15, 0.2) is 24.3 Å². The van der Waals surface area contributed by atoms with E-state index in [1.54, 1.807) is 0 Å². The summed E-state index contributed by atoms with van der Waals surface area (Å²) in [7, 11) is 0. The largest absolute Gasteiger partial charge is 0.372 e. The van der Waals surface area contributed by atoms with Gasteiger partial charge in [0.1, 0.15) is 0 Å². The zero-order valence-electron chi connectivity index (χ0n) is 15.2. The highest BCUT2D eigenvalue weighted by atomic mass is 35.5. The van der Waals surface area contributed by atoms with Crippen LogP contribution in [0.1, 0.15) is 42.0 Å². The van der Waals surface area contributed by atoms with E-state index in [2.05, 4.69) is 27.8 Å². The van der Waals surface area contributed by atoms with Gasteiger partial charge in [0.15, 0.2) is 5.69 Å². The lowest BCUT2D eigenvalue weighted by Gasteiger charge is -2.34. The molecule has 0 saturated carbocycles. The average Bonchev–Trinajstić information content (AvgIpc) is 2.98. The molecule has 26 heavy (non-hydrogen) atoms. The number of nitrogens with zero attached hydrogens (tertiary/aromatic N) is 1. The smallest absolute Gasteiger partial charge is 0.277 e. The molecule has 1 aliphatic rings. The molecule has 2 aromatic rings. The summed E-state index contributed by atoms with van der Waals surface area (Å²) in [5, 5.41) is 13.5. The fourth-order valence-electron chi connectivity index (χ4n) is 3.15. The van der Waals surface area contributed by atoms with Gasteiger partial charge in [0, 0.05) is 25.2 Å². The van der Waals surface area contributed by atoms with Crippen molar-refractivity contribution in [3.05, 3.63) is 46.2 Å². The lowest BCUT2D eigenvalue weighted by Crippen LogP contribution is -2.48. The minimum absolute atomic E-state index is 0.193. The third-order valence-electron chi connectivity index (χ3n) is 4.51. The fourth-order valence-corrected chi connectivity index (χ4v) is 3.41. The number of carbonyl (C=O) groups excluding carboxylic acids is 1. The second kappa shape index (κ2) is 8.20. The van der Waals surface area contributed by atoms with Gasteiger partial charge in [-0.05, 0) is 31.0 Å². The molecule has 0 unspecified atom stereocenters. The van der Waals surface area contributed by atoms with Crippen LogP contribution >= 0.6 is 11.6 Å². The number of aryl methyl sites for hydroxylation is 1. The van der Waals surface area contributed by atoms with Crippen LogP contribution in [-0.2, 0) is 17.6 Å². The molecule has 3 N–H and O–H groups in total. The Morgan fingerprint density at radius 2 is 2.15 bits per heavy atom. The number of ether oxygens (including phenoxy) is 1. The van der Waals surface area contributed by atoms with E-state index in [1.165, 1.54) is 0 Å². The Labute approximate surface area is 158 Å². The van der Waals surface area contributed by atoms with Gasteiger partial charge in [0.25, 0.3) is 5.91 Å². The average molecular weight is 377 g/mol. The van der Waals surface area contributed by atoms with Gasteiger partial charge in [0.05, 0.1) is 22.9 Å². The highest BCUT2D eigenvalue weighted by Gasteiger charge is 2.27. The maximum atomic E-state index is 12.4. The molecule has 1 aromatic carbocycles. The van der Waals surface area contributed by atoms with Gasteiger partial charge >= 0.3 is 0 Å². The molecule has 1 atom stereocenters. The molecular formula is C19H25ClN4O2.